The molecule has 2 aromatic rings. The highest BCUT2D eigenvalue weighted by molar-refractivity contribution is 6.26. The van der Waals surface area contributed by atoms with E-state index in [4.69, 9.17) is 17.3 Å². The Morgan fingerprint density at radius 3 is 2.73 bits per heavy atom. The van der Waals surface area contributed by atoms with Crippen molar-refractivity contribution in [2.45, 2.75) is 6.54 Å². The monoisotopic (exact) mass is 328 g/mol. The molecule has 0 saturated heterocycles. The van der Waals surface area contributed by atoms with E-state index in [0.717, 1.165) is 4.57 Å². The Morgan fingerprint density at radius 2 is 2.09 bits per heavy atom. The van der Waals surface area contributed by atoms with E-state index in [0.29, 0.717) is 0 Å². The van der Waals surface area contributed by atoms with E-state index in [1.165, 1.54) is 29.6 Å². The fraction of sp³-hybridized carbons (Fsp3) is 0.364. The van der Waals surface area contributed by atoms with Gasteiger partial charge in [0.15, 0.2) is 17.0 Å². The molecule has 0 amide bonds. The summed E-state index contributed by atoms with van der Waals surface area (Å²) in [6.07, 6.45) is 1.34. The smallest absolute Gasteiger partial charge is 0.349 e. The molecule has 0 aliphatic carbocycles. The molecule has 0 bridgehead atoms. The molecule has 0 saturated carbocycles. The molecular weight excluding hydrogens is 316 g/mol. The molecule has 10 nitrogen and oxygen atoms in total. The van der Waals surface area contributed by atoms with Crippen molar-refractivity contribution in [3.05, 3.63) is 27.2 Å². The van der Waals surface area contributed by atoms with Gasteiger partial charge in [-0.1, -0.05) is 5.16 Å². The summed E-state index contributed by atoms with van der Waals surface area (Å²) in [6.45, 7) is -0.0422. The Labute approximate surface area is 128 Å². The fourth-order valence-corrected chi connectivity index (χ4v) is 1.90. The number of fused-ring (bicyclic) bond motifs is 1. The van der Waals surface area contributed by atoms with Gasteiger partial charge in [0, 0.05) is 14.1 Å². The molecule has 0 radical (unpaired) electrons. The third kappa shape index (κ3) is 2.72. The van der Waals surface area contributed by atoms with Crippen LogP contribution in [0.15, 0.2) is 21.1 Å². The van der Waals surface area contributed by atoms with Gasteiger partial charge in [0.05, 0.1) is 12.9 Å². The van der Waals surface area contributed by atoms with E-state index in [-0.39, 0.29) is 29.4 Å². The summed E-state index contributed by atoms with van der Waals surface area (Å²) in [5, 5.41) is 3.40. The molecule has 2 rings (SSSR count). The third-order valence-electron chi connectivity index (χ3n) is 2.92. The number of alkyl halides is 1. The normalized spacial score (nSPS) is 11.9. The van der Waals surface area contributed by atoms with Crippen LogP contribution in [-0.2, 0) is 30.3 Å². The van der Waals surface area contributed by atoms with E-state index in [1.807, 2.05) is 0 Å². The van der Waals surface area contributed by atoms with Gasteiger partial charge in [0.25, 0.3) is 5.56 Å². The van der Waals surface area contributed by atoms with Crippen LogP contribution in [0, 0.1) is 0 Å². The lowest BCUT2D eigenvalue weighted by Gasteiger charge is -2.06. The average molecular weight is 329 g/mol. The number of aryl methyl sites for hydroxylation is 1. The molecule has 118 valence electrons. The molecule has 0 unspecified atom stereocenters. The molecular formula is C11H13ClN6O4. The zero-order valence-electron chi connectivity index (χ0n) is 11.8. The van der Waals surface area contributed by atoms with E-state index in [2.05, 4.69) is 15.0 Å². The topological polar surface area (TPSA) is 126 Å². The van der Waals surface area contributed by atoms with Gasteiger partial charge in [0.1, 0.15) is 5.88 Å². The largest absolute Gasteiger partial charge is 0.383 e. The summed E-state index contributed by atoms with van der Waals surface area (Å²) < 4.78 is 3.61. The highest BCUT2D eigenvalue weighted by atomic mass is 35.5. The molecule has 2 aromatic heterocycles. The number of oxime groups is 1. The van der Waals surface area contributed by atoms with Gasteiger partial charge in [-0.05, 0) is 0 Å². The highest BCUT2D eigenvalue weighted by Crippen LogP contribution is 2.05. The third-order valence-corrected chi connectivity index (χ3v) is 3.14. The number of imidazole rings is 1. The Hall–Kier alpha value is -2.62. The first-order valence-corrected chi connectivity index (χ1v) is 6.59. The number of rotatable bonds is 4. The quantitative estimate of drug-likeness (QED) is 0.239. The van der Waals surface area contributed by atoms with Gasteiger partial charge >= 0.3 is 11.7 Å². The van der Waals surface area contributed by atoms with Gasteiger partial charge in [-0.2, -0.15) is 0 Å². The van der Waals surface area contributed by atoms with Crippen molar-refractivity contribution in [1.29, 1.82) is 0 Å². The summed E-state index contributed by atoms with van der Waals surface area (Å²) in [7, 11) is 2.86. The first-order chi connectivity index (χ1) is 10.4. The van der Waals surface area contributed by atoms with Crippen molar-refractivity contribution in [3.8, 4) is 0 Å². The van der Waals surface area contributed by atoms with Crippen LogP contribution in [0.25, 0.3) is 11.2 Å². The van der Waals surface area contributed by atoms with E-state index in [1.54, 1.807) is 0 Å². The van der Waals surface area contributed by atoms with Gasteiger partial charge in [-0.15, -0.1) is 11.6 Å². The first kappa shape index (κ1) is 15.8. The number of hydrogen-bond acceptors (Lipinski definition) is 6. The molecule has 0 aromatic carbocycles. The molecule has 0 fully saturated rings. The summed E-state index contributed by atoms with van der Waals surface area (Å²) >= 11 is 5.25. The van der Waals surface area contributed by atoms with Crippen molar-refractivity contribution >= 4 is 34.6 Å². The second kappa shape index (κ2) is 6.02. The van der Waals surface area contributed by atoms with Crippen molar-refractivity contribution in [1.82, 2.24) is 18.7 Å². The number of nitrogens with zero attached hydrogens (tertiary/aromatic N) is 5. The molecule has 0 spiro atoms. The molecule has 0 aliphatic heterocycles. The Morgan fingerprint density at radius 1 is 1.41 bits per heavy atom. The molecule has 11 heteroatoms. The number of carbonyl (C=O) groups is 1. The summed E-state index contributed by atoms with van der Waals surface area (Å²) in [5.74, 6) is -1.17. The lowest BCUT2D eigenvalue weighted by molar-refractivity contribution is -0.140. The standard InChI is InChI=1S/C11H13ClN6O4/c1-16-9-8(10(20)17(2)11(16)21)18(5-14-9)4-6(13)15-22-7(19)3-12/h5H,3-4H2,1-2H3,(H2,13,15). The van der Waals surface area contributed by atoms with Crippen molar-refractivity contribution < 1.29 is 9.63 Å². The second-order valence-electron chi connectivity index (χ2n) is 4.43. The second-order valence-corrected chi connectivity index (χ2v) is 4.70. The van der Waals surface area contributed by atoms with Gasteiger partial charge in [0.2, 0.25) is 0 Å². The van der Waals surface area contributed by atoms with Crippen LogP contribution in [0.4, 0.5) is 0 Å². The number of nitrogens with two attached hydrogens (primary N) is 1. The summed E-state index contributed by atoms with van der Waals surface area (Å²) in [4.78, 5) is 43.3. The minimum Gasteiger partial charge on any atom is -0.383 e. The molecule has 0 aliphatic rings. The maximum absolute atomic E-state index is 12.2. The molecule has 2 heterocycles. The minimum absolute atomic E-state index is 0.0422. The van der Waals surface area contributed by atoms with Crippen LogP contribution in [-0.4, -0.2) is 36.4 Å². The number of hydrogen-bond donors (Lipinski definition) is 1. The predicted octanol–water partition coefficient (Wildman–Crippen LogP) is -1.51. The number of carbonyl (C=O) groups excluding carboxylic acids is 1. The Bertz CT molecular complexity index is 877. The van der Waals surface area contributed by atoms with E-state index >= 15 is 0 Å². The Kier molecular flexibility index (Phi) is 4.31. The summed E-state index contributed by atoms with van der Waals surface area (Å²) in [5.41, 5.74) is 5.03. The van der Waals surface area contributed by atoms with Gasteiger partial charge < -0.3 is 15.1 Å². The predicted molar refractivity (Wildman–Crippen MR) is 78.6 cm³/mol. The van der Waals surface area contributed by atoms with E-state index < -0.39 is 17.2 Å². The van der Waals surface area contributed by atoms with Crippen LogP contribution in [0.5, 0.6) is 0 Å². The van der Waals surface area contributed by atoms with Gasteiger partial charge in [-0.25, -0.2) is 14.6 Å². The zero-order valence-corrected chi connectivity index (χ0v) is 12.6. The molecule has 2 N–H and O–H groups in total. The van der Waals surface area contributed by atoms with Gasteiger partial charge in [-0.3, -0.25) is 13.9 Å². The average Bonchev–Trinajstić information content (AvgIpc) is 2.92. The number of halogens is 1. The van der Waals surface area contributed by atoms with Crippen LogP contribution >= 0.6 is 11.6 Å². The maximum atomic E-state index is 12.2. The van der Waals surface area contributed by atoms with Crippen LogP contribution in [0.2, 0.25) is 0 Å². The Balaban J connectivity index is 2.44. The van der Waals surface area contributed by atoms with Crippen LogP contribution < -0.4 is 17.0 Å². The van der Waals surface area contributed by atoms with Crippen molar-refractivity contribution in [3.63, 3.8) is 0 Å². The fourth-order valence-electron chi connectivity index (χ4n) is 1.85. The number of amidine groups is 1. The molecule has 22 heavy (non-hydrogen) atoms. The zero-order chi connectivity index (χ0) is 16.4. The first-order valence-electron chi connectivity index (χ1n) is 6.05. The van der Waals surface area contributed by atoms with Crippen LogP contribution in [0.3, 0.4) is 0 Å². The summed E-state index contributed by atoms with van der Waals surface area (Å²) in [6, 6.07) is 0. The highest BCUT2D eigenvalue weighted by Gasteiger charge is 2.14. The SMILES string of the molecule is Cn1c(=O)c2c(ncn2CC(N)=NOC(=O)CCl)n(C)c1=O. The van der Waals surface area contributed by atoms with Crippen LogP contribution in [0.1, 0.15) is 0 Å². The van der Waals surface area contributed by atoms with Crippen molar-refractivity contribution in [2.24, 2.45) is 25.0 Å². The lowest BCUT2D eigenvalue weighted by atomic mass is 10.4. The number of aromatic nitrogens is 4. The molecule has 0 atom stereocenters. The maximum Gasteiger partial charge on any atom is 0.349 e. The lowest BCUT2D eigenvalue weighted by Crippen LogP contribution is -2.38. The van der Waals surface area contributed by atoms with E-state index in [9.17, 15) is 14.4 Å². The van der Waals surface area contributed by atoms with Crippen molar-refractivity contribution in [2.75, 3.05) is 5.88 Å². The minimum atomic E-state index is -0.751.